The van der Waals surface area contributed by atoms with E-state index in [4.69, 9.17) is 4.74 Å². The van der Waals surface area contributed by atoms with Crippen LogP contribution in [0.2, 0.25) is 0 Å². The zero-order valence-corrected chi connectivity index (χ0v) is 19.1. The summed E-state index contributed by atoms with van der Waals surface area (Å²) in [6.45, 7) is 11.7. The summed E-state index contributed by atoms with van der Waals surface area (Å²) in [4.78, 5) is 32.2. The minimum absolute atomic E-state index is 0.0194. The van der Waals surface area contributed by atoms with Gasteiger partial charge in [-0.3, -0.25) is 14.6 Å². The van der Waals surface area contributed by atoms with Crippen LogP contribution in [0.1, 0.15) is 45.6 Å². The predicted molar refractivity (Wildman–Crippen MR) is 120 cm³/mol. The Morgan fingerprint density at radius 3 is 2.23 bits per heavy atom. The number of carbonyl (C=O) groups excluding carboxylic acids is 2. The lowest BCUT2D eigenvalue weighted by atomic mass is 9.67. The maximum atomic E-state index is 13.4. The molecule has 1 N–H and O–H groups in total. The molecule has 1 aromatic rings. The molecule has 1 aromatic carbocycles. The van der Waals surface area contributed by atoms with Crippen LogP contribution < -0.4 is 10.1 Å². The first-order valence-corrected chi connectivity index (χ1v) is 11.7. The molecule has 1 spiro atoms. The molecule has 2 heterocycles. The first-order valence-electron chi connectivity index (χ1n) is 11.7. The Morgan fingerprint density at radius 1 is 1.00 bits per heavy atom. The number of amides is 3. The van der Waals surface area contributed by atoms with Crippen molar-refractivity contribution < 1.29 is 14.3 Å². The van der Waals surface area contributed by atoms with Crippen molar-refractivity contribution in [3.05, 3.63) is 29.8 Å². The van der Waals surface area contributed by atoms with Crippen LogP contribution >= 0.6 is 0 Å². The van der Waals surface area contributed by atoms with Gasteiger partial charge in [0.25, 0.3) is 5.91 Å². The van der Waals surface area contributed by atoms with Crippen LogP contribution in [-0.2, 0) is 11.3 Å². The summed E-state index contributed by atoms with van der Waals surface area (Å²) in [5, 5.41) is 3.10. The van der Waals surface area contributed by atoms with E-state index in [0.717, 1.165) is 57.7 Å². The summed E-state index contributed by atoms with van der Waals surface area (Å²) < 4.78 is 5.52. The average molecular weight is 429 g/mol. The van der Waals surface area contributed by atoms with Crippen molar-refractivity contribution in [1.29, 1.82) is 0 Å². The minimum atomic E-state index is -0.704. The maximum Gasteiger partial charge on any atom is 0.326 e. The minimum Gasteiger partial charge on any atom is -0.494 e. The van der Waals surface area contributed by atoms with E-state index in [1.165, 1.54) is 10.5 Å². The first-order chi connectivity index (χ1) is 14.9. The topological polar surface area (TPSA) is 65.1 Å². The van der Waals surface area contributed by atoms with Crippen LogP contribution in [0, 0.1) is 11.8 Å². The third kappa shape index (κ3) is 4.30. The summed E-state index contributed by atoms with van der Waals surface area (Å²) in [6, 6.07) is 8.07. The average Bonchev–Trinajstić information content (AvgIpc) is 3.01. The van der Waals surface area contributed by atoms with E-state index >= 15 is 0 Å². The van der Waals surface area contributed by atoms with E-state index in [2.05, 4.69) is 41.1 Å². The molecule has 31 heavy (non-hydrogen) atoms. The fourth-order valence-corrected chi connectivity index (χ4v) is 5.49. The van der Waals surface area contributed by atoms with Crippen LogP contribution in [0.5, 0.6) is 5.75 Å². The van der Waals surface area contributed by atoms with Gasteiger partial charge in [-0.15, -0.1) is 0 Å². The second kappa shape index (κ2) is 9.17. The Bertz CT molecular complexity index is 779. The van der Waals surface area contributed by atoms with Crippen LogP contribution in [-0.4, -0.2) is 71.6 Å². The number of ether oxygens (including phenoxy) is 1. The highest BCUT2D eigenvalue weighted by atomic mass is 16.5. The zero-order valence-electron chi connectivity index (χ0n) is 19.1. The van der Waals surface area contributed by atoms with Crippen molar-refractivity contribution in [3.63, 3.8) is 0 Å². The van der Waals surface area contributed by atoms with Gasteiger partial charge in [0.15, 0.2) is 0 Å². The second-order valence-electron chi connectivity index (χ2n) is 9.38. The molecule has 0 unspecified atom stereocenters. The molecule has 1 saturated carbocycles. The molecule has 2 atom stereocenters. The molecule has 3 amide bonds. The molecule has 0 radical (unpaired) electrons. The molecule has 1 aliphatic carbocycles. The number of piperazine rings is 1. The lowest BCUT2D eigenvalue weighted by Gasteiger charge is -2.42. The van der Waals surface area contributed by atoms with Gasteiger partial charge < -0.3 is 10.1 Å². The molecule has 4 rings (SSSR count). The van der Waals surface area contributed by atoms with Gasteiger partial charge in [0.05, 0.1) is 13.3 Å². The molecule has 3 aliphatic rings. The Labute approximate surface area is 185 Å². The summed E-state index contributed by atoms with van der Waals surface area (Å²) in [6.07, 6.45) is 3.12. The lowest BCUT2D eigenvalue weighted by Crippen LogP contribution is -2.59. The predicted octanol–water partition coefficient (Wildman–Crippen LogP) is 2.91. The number of nitrogens with one attached hydrogen (secondary N) is 1. The molecule has 170 valence electrons. The van der Waals surface area contributed by atoms with Crippen molar-refractivity contribution in [2.75, 3.05) is 39.5 Å². The SMILES string of the molecule is CCOc1ccc(CN2CCN(CN3C(=O)NC4(C3=O)[C@@H](C)CCC[C@@H]4C)CC2)cc1. The van der Waals surface area contributed by atoms with E-state index in [1.54, 1.807) is 0 Å². The number of benzene rings is 1. The summed E-state index contributed by atoms with van der Waals surface area (Å²) in [5.74, 6) is 1.25. The van der Waals surface area contributed by atoms with Gasteiger partial charge in [0, 0.05) is 32.7 Å². The summed E-state index contributed by atoms with van der Waals surface area (Å²) in [5.41, 5.74) is 0.568. The van der Waals surface area contributed by atoms with Gasteiger partial charge in [0.1, 0.15) is 11.3 Å². The van der Waals surface area contributed by atoms with Crippen LogP contribution in [0.15, 0.2) is 24.3 Å². The van der Waals surface area contributed by atoms with Gasteiger partial charge in [-0.1, -0.05) is 32.4 Å². The van der Waals surface area contributed by atoms with E-state index in [0.29, 0.717) is 13.3 Å². The number of carbonyl (C=O) groups is 2. The number of imide groups is 1. The highest BCUT2D eigenvalue weighted by molar-refractivity contribution is 6.07. The highest BCUT2D eigenvalue weighted by Gasteiger charge is 2.58. The van der Waals surface area contributed by atoms with Gasteiger partial charge in [-0.25, -0.2) is 9.69 Å². The van der Waals surface area contributed by atoms with Crippen molar-refractivity contribution in [2.24, 2.45) is 11.8 Å². The molecular formula is C24H36N4O3. The molecule has 0 bridgehead atoms. The molecular weight excluding hydrogens is 392 g/mol. The Morgan fingerprint density at radius 2 is 1.61 bits per heavy atom. The van der Waals surface area contributed by atoms with Gasteiger partial charge >= 0.3 is 6.03 Å². The monoisotopic (exact) mass is 428 g/mol. The molecule has 0 aromatic heterocycles. The largest absolute Gasteiger partial charge is 0.494 e. The fraction of sp³-hybridized carbons (Fsp3) is 0.667. The normalized spacial score (nSPS) is 27.0. The van der Waals surface area contributed by atoms with Gasteiger partial charge in [-0.05, 0) is 49.3 Å². The maximum absolute atomic E-state index is 13.4. The quantitative estimate of drug-likeness (QED) is 0.706. The molecule has 2 saturated heterocycles. The number of rotatable bonds is 6. The number of hydrogen-bond acceptors (Lipinski definition) is 5. The Hall–Kier alpha value is -2.12. The third-order valence-corrected chi connectivity index (χ3v) is 7.43. The standard InChI is InChI=1S/C24H36N4O3/c1-4-31-21-10-8-20(9-11-21)16-26-12-14-27(15-13-26)17-28-22(29)24(25-23(28)30)18(2)6-5-7-19(24)3/h8-11,18-19H,4-7,12-17H2,1-3H3,(H,25,30)/t18-,19-/m0/s1. The summed E-state index contributed by atoms with van der Waals surface area (Å²) in [7, 11) is 0. The van der Waals surface area contributed by atoms with Crippen LogP contribution in [0.4, 0.5) is 4.79 Å². The third-order valence-electron chi connectivity index (χ3n) is 7.43. The molecule has 3 fully saturated rings. The highest BCUT2D eigenvalue weighted by Crippen LogP contribution is 2.42. The van der Waals surface area contributed by atoms with Crippen LogP contribution in [0.25, 0.3) is 0 Å². The van der Waals surface area contributed by atoms with Crippen LogP contribution in [0.3, 0.4) is 0 Å². The van der Waals surface area contributed by atoms with E-state index < -0.39 is 5.54 Å². The second-order valence-corrected chi connectivity index (χ2v) is 9.38. The summed E-state index contributed by atoms with van der Waals surface area (Å²) >= 11 is 0. The molecule has 7 heteroatoms. The van der Waals surface area contributed by atoms with Crippen molar-refractivity contribution >= 4 is 11.9 Å². The number of hydrogen-bond donors (Lipinski definition) is 1. The Balaban J connectivity index is 1.30. The Kier molecular flexibility index (Phi) is 6.53. The van der Waals surface area contributed by atoms with Crippen molar-refractivity contribution in [2.45, 2.75) is 52.1 Å². The van der Waals surface area contributed by atoms with Crippen molar-refractivity contribution in [3.8, 4) is 5.75 Å². The van der Waals surface area contributed by atoms with E-state index in [9.17, 15) is 9.59 Å². The van der Waals surface area contributed by atoms with E-state index in [-0.39, 0.29) is 23.8 Å². The zero-order chi connectivity index (χ0) is 22.0. The van der Waals surface area contributed by atoms with Gasteiger partial charge in [0.2, 0.25) is 0 Å². The molecule has 7 nitrogen and oxygen atoms in total. The number of nitrogens with zero attached hydrogens (tertiary/aromatic N) is 3. The molecule has 2 aliphatic heterocycles. The number of urea groups is 1. The smallest absolute Gasteiger partial charge is 0.326 e. The van der Waals surface area contributed by atoms with Crippen molar-refractivity contribution in [1.82, 2.24) is 20.0 Å². The lowest BCUT2D eigenvalue weighted by molar-refractivity contribution is -0.138. The van der Waals surface area contributed by atoms with Gasteiger partial charge in [-0.2, -0.15) is 0 Å². The first kappa shape index (κ1) is 22.1. The fourth-order valence-electron chi connectivity index (χ4n) is 5.49. The van der Waals surface area contributed by atoms with E-state index in [1.807, 2.05) is 19.1 Å².